The molecule has 1 heterocycles. The zero-order valence-electron chi connectivity index (χ0n) is 9.50. The maximum absolute atomic E-state index is 13.4. The van der Waals surface area contributed by atoms with Crippen molar-refractivity contribution in [1.29, 1.82) is 0 Å². The topological polar surface area (TPSA) is 29.5 Å². The third-order valence-electron chi connectivity index (χ3n) is 2.84. The molecular weight excluding hydrogens is 228 g/mol. The van der Waals surface area contributed by atoms with Crippen LogP contribution in [0, 0.1) is 11.6 Å². The second kappa shape index (κ2) is 4.69. The molecule has 1 saturated heterocycles. The minimum Gasteiger partial charge on any atom is -0.491 e. The summed E-state index contributed by atoms with van der Waals surface area (Å²) in [5.74, 6) is -2.49. The molecule has 0 atom stereocenters. The van der Waals surface area contributed by atoms with Crippen molar-refractivity contribution < 1.29 is 18.3 Å². The van der Waals surface area contributed by atoms with Crippen molar-refractivity contribution in [3.8, 4) is 5.75 Å². The van der Waals surface area contributed by atoms with Gasteiger partial charge in [-0.05, 0) is 25.0 Å². The minimum absolute atomic E-state index is 0.0303. The number of hydrogen-bond acceptors (Lipinski definition) is 2. The first-order valence-electron chi connectivity index (χ1n) is 5.46. The Morgan fingerprint density at radius 1 is 1.24 bits per heavy atom. The summed E-state index contributed by atoms with van der Waals surface area (Å²) in [6.45, 7) is 1.29. The van der Waals surface area contributed by atoms with Gasteiger partial charge in [0.15, 0.2) is 17.4 Å². The summed E-state index contributed by atoms with van der Waals surface area (Å²) in [6, 6.07) is 2.03. The van der Waals surface area contributed by atoms with Gasteiger partial charge in [0.25, 0.3) is 5.91 Å². The van der Waals surface area contributed by atoms with E-state index in [4.69, 9.17) is 0 Å². The molecule has 0 aliphatic carbocycles. The number of halogens is 2. The highest BCUT2D eigenvalue weighted by Gasteiger charge is 2.22. The van der Waals surface area contributed by atoms with Crippen LogP contribution in [-0.2, 0) is 0 Å². The molecule has 0 bridgehead atoms. The lowest BCUT2D eigenvalue weighted by atomic mass is 10.1. The van der Waals surface area contributed by atoms with Gasteiger partial charge >= 0.3 is 0 Å². The summed E-state index contributed by atoms with van der Waals surface area (Å²) in [4.78, 5) is 13.5. The average molecular weight is 241 g/mol. The van der Waals surface area contributed by atoms with E-state index >= 15 is 0 Å². The molecule has 0 aromatic heterocycles. The van der Waals surface area contributed by atoms with Crippen LogP contribution in [0.5, 0.6) is 5.75 Å². The Balaban J connectivity index is 2.30. The molecule has 0 N–H and O–H groups in total. The van der Waals surface area contributed by atoms with Gasteiger partial charge in [-0.3, -0.25) is 4.79 Å². The Hall–Kier alpha value is -1.65. The molecule has 0 unspecified atom stereocenters. The van der Waals surface area contributed by atoms with Crippen LogP contribution >= 0.6 is 0 Å². The standard InChI is InChI=1S/C12H13F2NO2/c1-17-11-9(13)6-8(7-10(11)14)12(16)15-4-2-3-5-15/h6-7H,2-5H2,1H3. The number of methoxy groups -OCH3 is 1. The fourth-order valence-electron chi connectivity index (χ4n) is 1.98. The number of likely N-dealkylation sites (tertiary alicyclic amines) is 1. The van der Waals surface area contributed by atoms with Gasteiger partial charge in [-0.1, -0.05) is 0 Å². The SMILES string of the molecule is COc1c(F)cc(C(=O)N2CCCC2)cc1F. The normalized spacial score (nSPS) is 15.1. The quantitative estimate of drug-likeness (QED) is 0.794. The molecule has 92 valence electrons. The fourth-order valence-corrected chi connectivity index (χ4v) is 1.98. The van der Waals surface area contributed by atoms with Crippen LogP contribution in [0.3, 0.4) is 0 Å². The van der Waals surface area contributed by atoms with Gasteiger partial charge in [0.1, 0.15) is 0 Å². The lowest BCUT2D eigenvalue weighted by Crippen LogP contribution is -2.27. The Morgan fingerprint density at radius 3 is 2.24 bits per heavy atom. The van der Waals surface area contributed by atoms with Crippen molar-refractivity contribution in [1.82, 2.24) is 4.90 Å². The highest BCUT2D eigenvalue weighted by atomic mass is 19.1. The van der Waals surface area contributed by atoms with E-state index in [1.54, 1.807) is 4.90 Å². The molecule has 0 spiro atoms. The van der Waals surface area contributed by atoms with Gasteiger partial charge in [0.2, 0.25) is 0 Å². The molecule has 1 aliphatic heterocycles. The van der Waals surface area contributed by atoms with E-state index in [0.717, 1.165) is 25.0 Å². The number of rotatable bonds is 2. The second-order valence-electron chi connectivity index (χ2n) is 3.97. The van der Waals surface area contributed by atoms with Crippen molar-refractivity contribution in [3.63, 3.8) is 0 Å². The summed E-state index contributed by atoms with van der Waals surface area (Å²) in [7, 11) is 1.18. The first-order chi connectivity index (χ1) is 8.13. The first kappa shape index (κ1) is 11.8. The number of ether oxygens (including phenoxy) is 1. The number of amides is 1. The molecule has 17 heavy (non-hydrogen) atoms. The predicted octanol–water partition coefficient (Wildman–Crippen LogP) is 2.21. The molecule has 1 aromatic rings. The van der Waals surface area contributed by atoms with E-state index in [2.05, 4.69) is 4.74 Å². The first-order valence-corrected chi connectivity index (χ1v) is 5.46. The Labute approximate surface area is 98.0 Å². The predicted molar refractivity (Wildman–Crippen MR) is 58.0 cm³/mol. The largest absolute Gasteiger partial charge is 0.491 e. The molecule has 2 rings (SSSR count). The van der Waals surface area contributed by atoms with Crippen LogP contribution < -0.4 is 4.74 Å². The Bertz CT molecular complexity index is 419. The zero-order chi connectivity index (χ0) is 12.4. The molecular formula is C12H13F2NO2. The highest BCUT2D eigenvalue weighted by Crippen LogP contribution is 2.24. The molecule has 0 saturated carbocycles. The van der Waals surface area contributed by atoms with Crippen molar-refractivity contribution in [2.75, 3.05) is 20.2 Å². The minimum atomic E-state index is -0.852. The molecule has 1 aromatic carbocycles. The molecule has 3 nitrogen and oxygen atoms in total. The van der Waals surface area contributed by atoms with Gasteiger partial charge in [-0.15, -0.1) is 0 Å². The maximum Gasteiger partial charge on any atom is 0.254 e. The number of hydrogen-bond donors (Lipinski definition) is 0. The number of carbonyl (C=O) groups is 1. The van der Waals surface area contributed by atoms with E-state index in [1.165, 1.54) is 7.11 Å². The molecule has 0 radical (unpaired) electrons. The second-order valence-corrected chi connectivity index (χ2v) is 3.97. The molecule has 1 fully saturated rings. The summed E-state index contributed by atoms with van der Waals surface area (Å²) < 4.78 is 31.4. The summed E-state index contributed by atoms with van der Waals surface area (Å²) in [5, 5.41) is 0. The van der Waals surface area contributed by atoms with E-state index in [-0.39, 0.29) is 11.5 Å². The van der Waals surface area contributed by atoms with Crippen LogP contribution in [-0.4, -0.2) is 31.0 Å². The van der Waals surface area contributed by atoms with Crippen molar-refractivity contribution in [2.24, 2.45) is 0 Å². The average Bonchev–Trinajstić information content (AvgIpc) is 2.81. The number of nitrogens with zero attached hydrogens (tertiary/aromatic N) is 1. The van der Waals surface area contributed by atoms with E-state index in [9.17, 15) is 13.6 Å². The van der Waals surface area contributed by atoms with Crippen LogP contribution in [0.4, 0.5) is 8.78 Å². The summed E-state index contributed by atoms with van der Waals surface area (Å²) in [5.41, 5.74) is 0.0303. The molecule has 1 amide bonds. The number of benzene rings is 1. The van der Waals surface area contributed by atoms with Crippen molar-refractivity contribution >= 4 is 5.91 Å². The summed E-state index contributed by atoms with van der Waals surface area (Å²) in [6.07, 6.45) is 1.87. The highest BCUT2D eigenvalue weighted by molar-refractivity contribution is 5.94. The van der Waals surface area contributed by atoms with Crippen LogP contribution in [0.25, 0.3) is 0 Å². The monoisotopic (exact) mass is 241 g/mol. The molecule has 1 aliphatic rings. The number of carbonyl (C=O) groups excluding carboxylic acids is 1. The van der Waals surface area contributed by atoms with Crippen LogP contribution in [0.1, 0.15) is 23.2 Å². The third-order valence-corrected chi connectivity index (χ3v) is 2.84. The van der Waals surface area contributed by atoms with Crippen LogP contribution in [0.15, 0.2) is 12.1 Å². The van der Waals surface area contributed by atoms with Gasteiger partial charge < -0.3 is 9.64 Å². The zero-order valence-corrected chi connectivity index (χ0v) is 9.50. The smallest absolute Gasteiger partial charge is 0.254 e. The van der Waals surface area contributed by atoms with Gasteiger partial charge in [0.05, 0.1) is 7.11 Å². The van der Waals surface area contributed by atoms with E-state index < -0.39 is 17.4 Å². The lowest BCUT2D eigenvalue weighted by Gasteiger charge is -2.15. The Morgan fingerprint density at radius 2 is 1.76 bits per heavy atom. The Kier molecular flexibility index (Phi) is 3.26. The van der Waals surface area contributed by atoms with Crippen LogP contribution in [0.2, 0.25) is 0 Å². The fraction of sp³-hybridized carbons (Fsp3) is 0.417. The van der Waals surface area contributed by atoms with Crippen molar-refractivity contribution in [3.05, 3.63) is 29.3 Å². The van der Waals surface area contributed by atoms with Crippen molar-refractivity contribution in [2.45, 2.75) is 12.8 Å². The third kappa shape index (κ3) is 2.23. The van der Waals surface area contributed by atoms with Gasteiger partial charge in [-0.25, -0.2) is 8.78 Å². The molecule has 5 heteroatoms. The van der Waals surface area contributed by atoms with E-state index in [1.807, 2.05) is 0 Å². The van der Waals surface area contributed by atoms with Gasteiger partial charge in [-0.2, -0.15) is 0 Å². The summed E-state index contributed by atoms with van der Waals surface area (Å²) >= 11 is 0. The van der Waals surface area contributed by atoms with E-state index in [0.29, 0.717) is 13.1 Å². The lowest BCUT2D eigenvalue weighted by molar-refractivity contribution is 0.0791. The van der Waals surface area contributed by atoms with Gasteiger partial charge in [0, 0.05) is 18.7 Å². The maximum atomic E-state index is 13.4.